The minimum Gasteiger partial charge on any atom is -0.496 e. The van der Waals surface area contributed by atoms with Gasteiger partial charge in [0.1, 0.15) is 17.7 Å². The summed E-state index contributed by atoms with van der Waals surface area (Å²) in [6.45, 7) is 4.16. The Morgan fingerprint density at radius 3 is 3.00 bits per heavy atom. The van der Waals surface area contributed by atoms with Crippen molar-refractivity contribution in [2.45, 2.75) is 19.2 Å². The number of hydrogen-bond donors (Lipinski definition) is 1. The van der Waals surface area contributed by atoms with Crippen molar-refractivity contribution in [3.05, 3.63) is 47.5 Å². The number of methoxy groups -OCH3 is 1. The van der Waals surface area contributed by atoms with Crippen LogP contribution in [-0.4, -0.2) is 60.7 Å². The summed E-state index contributed by atoms with van der Waals surface area (Å²) < 4.78 is 11.4. The summed E-state index contributed by atoms with van der Waals surface area (Å²) in [5, 5.41) is 0. The van der Waals surface area contributed by atoms with Crippen LogP contribution in [0.2, 0.25) is 0 Å². The molecule has 1 aliphatic rings. The number of rotatable bonds is 6. The molecule has 1 saturated heterocycles. The highest BCUT2D eigenvalue weighted by Gasteiger charge is 2.25. The number of benzene rings is 1. The van der Waals surface area contributed by atoms with Gasteiger partial charge in [0.2, 0.25) is 0 Å². The maximum Gasteiger partial charge on any atom is 0.136 e. The molecule has 0 spiro atoms. The van der Waals surface area contributed by atoms with Crippen LogP contribution in [-0.2, 0) is 17.8 Å². The Morgan fingerprint density at radius 1 is 1.38 bits per heavy atom. The first-order valence-corrected chi connectivity index (χ1v) is 8.30. The van der Waals surface area contributed by atoms with Crippen LogP contribution in [0.3, 0.4) is 0 Å². The lowest BCUT2D eigenvalue weighted by atomic mass is 10.1. The van der Waals surface area contributed by atoms with E-state index >= 15 is 0 Å². The van der Waals surface area contributed by atoms with Crippen LogP contribution in [0.5, 0.6) is 5.75 Å². The molecule has 1 N–H and O–H groups in total. The van der Waals surface area contributed by atoms with Gasteiger partial charge < -0.3 is 19.4 Å². The van der Waals surface area contributed by atoms with E-state index in [1.54, 1.807) is 7.11 Å². The van der Waals surface area contributed by atoms with Gasteiger partial charge in [0.15, 0.2) is 0 Å². The van der Waals surface area contributed by atoms with E-state index in [2.05, 4.69) is 31.9 Å². The monoisotopic (exact) mass is 330 g/mol. The highest BCUT2D eigenvalue weighted by atomic mass is 16.5. The second-order valence-electron chi connectivity index (χ2n) is 6.44. The third-order valence-electron chi connectivity index (χ3n) is 4.18. The van der Waals surface area contributed by atoms with Gasteiger partial charge in [-0.15, -0.1) is 0 Å². The van der Waals surface area contributed by atoms with Gasteiger partial charge in [-0.1, -0.05) is 18.2 Å². The second kappa shape index (κ2) is 7.79. The zero-order valence-electron chi connectivity index (χ0n) is 14.7. The van der Waals surface area contributed by atoms with Crippen molar-refractivity contribution in [3.8, 4) is 5.75 Å². The minimum absolute atomic E-state index is 0.00984. The molecule has 130 valence electrons. The van der Waals surface area contributed by atoms with Crippen LogP contribution in [0.15, 0.2) is 30.5 Å². The number of para-hydroxylation sites is 1. The Balaban J connectivity index is 1.65. The fraction of sp³-hybridized carbons (Fsp3) is 0.500. The molecule has 0 unspecified atom stereocenters. The maximum atomic E-state index is 5.93. The summed E-state index contributed by atoms with van der Waals surface area (Å²) in [5.41, 5.74) is 2.31. The van der Waals surface area contributed by atoms with E-state index in [4.69, 9.17) is 9.47 Å². The molecule has 24 heavy (non-hydrogen) atoms. The first kappa shape index (κ1) is 17.0. The molecule has 3 rings (SSSR count). The van der Waals surface area contributed by atoms with Crippen molar-refractivity contribution in [2.24, 2.45) is 0 Å². The predicted octanol–water partition coefficient (Wildman–Crippen LogP) is 2.05. The fourth-order valence-electron chi connectivity index (χ4n) is 3.05. The summed E-state index contributed by atoms with van der Waals surface area (Å²) in [5.74, 6) is 1.85. The van der Waals surface area contributed by atoms with E-state index < -0.39 is 0 Å². The zero-order valence-corrected chi connectivity index (χ0v) is 14.7. The highest BCUT2D eigenvalue weighted by molar-refractivity contribution is 5.33. The van der Waals surface area contributed by atoms with Gasteiger partial charge in [-0.2, -0.15) is 0 Å². The number of H-pyrrole nitrogens is 1. The van der Waals surface area contributed by atoms with Gasteiger partial charge in [0.25, 0.3) is 0 Å². The van der Waals surface area contributed by atoms with Crippen molar-refractivity contribution in [1.29, 1.82) is 0 Å². The Hall–Kier alpha value is -1.89. The summed E-state index contributed by atoms with van der Waals surface area (Å²) >= 11 is 0. The van der Waals surface area contributed by atoms with Gasteiger partial charge in [0.05, 0.1) is 13.7 Å². The molecule has 2 heterocycles. The largest absolute Gasteiger partial charge is 0.496 e. The molecule has 0 aliphatic carbocycles. The zero-order chi connectivity index (χ0) is 16.9. The second-order valence-corrected chi connectivity index (χ2v) is 6.44. The molecule has 0 saturated carbocycles. The van der Waals surface area contributed by atoms with Crippen molar-refractivity contribution in [2.75, 3.05) is 40.9 Å². The summed E-state index contributed by atoms with van der Waals surface area (Å²) in [6, 6.07) is 8.17. The van der Waals surface area contributed by atoms with Gasteiger partial charge in [-0.3, -0.25) is 4.90 Å². The summed E-state index contributed by atoms with van der Waals surface area (Å²) in [4.78, 5) is 12.4. The SMILES string of the molecule is COc1ccccc1CN1CCO[C@@H](c2ncc(CN(C)C)[nH]2)C1. The van der Waals surface area contributed by atoms with E-state index in [-0.39, 0.29) is 6.10 Å². The number of nitrogens with one attached hydrogen (secondary N) is 1. The molecule has 1 aromatic carbocycles. The number of aromatic nitrogens is 2. The Kier molecular flexibility index (Phi) is 5.50. The van der Waals surface area contributed by atoms with Crippen molar-refractivity contribution in [3.63, 3.8) is 0 Å². The standard InChI is InChI=1S/C18H26N4O2/c1-21(2)12-15-10-19-18(20-15)17-13-22(8-9-24-17)11-14-6-4-5-7-16(14)23-3/h4-7,10,17H,8-9,11-13H2,1-3H3,(H,19,20)/t17-/m1/s1. The minimum atomic E-state index is -0.00984. The molecule has 0 amide bonds. The topological polar surface area (TPSA) is 53.6 Å². The molecule has 0 radical (unpaired) electrons. The maximum absolute atomic E-state index is 5.93. The fourth-order valence-corrected chi connectivity index (χ4v) is 3.05. The Labute approximate surface area is 143 Å². The van der Waals surface area contributed by atoms with E-state index in [0.29, 0.717) is 6.61 Å². The van der Waals surface area contributed by atoms with Crippen molar-refractivity contribution < 1.29 is 9.47 Å². The first-order valence-electron chi connectivity index (χ1n) is 8.30. The van der Waals surface area contributed by atoms with E-state index in [1.807, 2.05) is 32.4 Å². The van der Waals surface area contributed by atoms with E-state index in [9.17, 15) is 0 Å². The number of morpholine rings is 1. The third kappa shape index (κ3) is 4.14. The smallest absolute Gasteiger partial charge is 0.136 e. The van der Waals surface area contributed by atoms with E-state index in [0.717, 1.165) is 43.4 Å². The number of aromatic amines is 1. The van der Waals surface area contributed by atoms with Crippen LogP contribution < -0.4 is 4.74 Å². The van der Waals surface area contributed by atoms with E-state index in [1.165, 1.54) is 5.56 Å². The van der Waals surface area contributed by atoms with Gasteiger partial charge >= 0.3 is 0 Å². The molecular weight excluding hydrogens is 304 g/mol. The molecule has 2 aromatic rings. The molecular formula is C18H26N4O2. The van der Waals surface area contributed by atoms with Crippen LogP contribution in [0, 0.1) is 0 Å². The number of ether oxygens (including phenoxy) is 2. The molecule has 1 atom stereocenters. The molecule has 6 heteroatoms. The number of nitrogens with zero attached hydrogens (tertiary/aromatic N) is 3. The average molecular weight is 330 g/mol. The lowest BCUT2D eigenvalue weighted by molar-refractivity contribution is -0.0370. The average Bonchev–Trinajstić information content (AvgIpc) is 3.03. The van der Waals surface area contributed by atoms with Gasteiger partial charge in [-0.25, -0.2) is 4.98 Å². The first-order chi connectivity index (χ1) is 11.7. The molecule has 1 aliphatic heterocycles. The van der Waals surface area contributed by atoms with Gasteiger partial charge in [0, 0.05) is 43.6 Å². The van der Waals surface area contributed by atoms with Gasteiger partial charge in [-0.05, 0) is 20.2 Å². The Bertz CT molecular complexity index is 656. The van der Waals surface area contributed by atoms with Crippen LogP contribution in [0.25, 0.3) is 0 Å². The number of imidazole rings is 1. The molecule has 0 bridgehead atoms. The summed E-state index contributed by atoms with van der Waals surface area (Å²) in [7, 11) is 5.81. The van der Waals surface area contributed by atoms with Crippen molar-refractivity contribution >= 4 is 0 Å². The third-order valence-corrected chi connectivity index (χ3v) is 4.18. The molecule has 6 nitrogen and oxygen atoms in total. The van der Waals surface area contributed by atoms with Crippen LogP contribution in [0.4, 0.5) is 0 Å². The Morgan fingerprint density at radius 2 is 2.21 bits per heavy atom. The molecule has 1 fully saturated rings. The number of hydrogen-bond acceptors (Lipinski definition) is 5. The van der Waals surface area contributed by atoms with Crippen molar-refractivity contribution in [1.82, 2.24) is 19.8 Å². The van der Waals surface area contributed by atoms with Crippen LogP contribution >= 0.6 is 0 Å². The lowest BCUT2D eigenvalue weighted by Crippen LogP contribution is -2.38. The lowest BCUT2D eigenvalue weighted by Gasteiger charge is -2.32. The predicted molar refractivity (Wildman–Crippen MR) is 92.9 cm³/mol. The van der Waals surface area contributed by atoms with Crippen LogP contribution in [0.1, 0.15) is 23.2 Å². The quantitative estimate of drug-likeness (QED) is 0.878. The summed E-state index contributed by atoms with van der Waals surface area (Å²) in [6.07, 6.45) is 1.89. The highest BCUT2D eigenvalue weighted by Crippen LogP contribution is 2.24. The normalized spacial score (nSPS) is 18.9. The molecule has 1 aromatic heterocycles.